The minimum absolute atomic E-state index is 0.0894. The molecule has 5 heteroatoms. The number of fused-ring (bicyclic) bond motifs is 2. The highest BCUT2D eigenvalue weighted by Crippen LogP contribution is 2.19. The number of carbonyl (C=O) groups is 1. The number of aromatic nitrogens is 4. The van der Waals surface area contributed by atoms with Crippen molar-refractivity contribution in [2.75, 3.05) is 0 Å². The largest absolute Gasteiger partial charge is 0.361 e. The molecule has 102 valence electrons. The number of hydrogen-bond donors (Lipinski definition) is 1. The fourth-order valence-electron chi connectivity index (χ4n) is 2.57. The average molecular weight is 276 g/mol. The third-order valence-corrected chi connectivity index (χ3v) is 3.60. The first-order valence-corrected chi connectivity index (χ1v) is 6.71. The van der Waals surface area contributed by atoms with Crippen LogP contribution in [0.2, 0.25) is 0 Å². The molecule has 0 amide bonds. The molecule has 2 aromatic heterocycles. The van der Waals surface area contributed by atoms with Crippen LogP contribution in [-0.4, -0.2) is 25.9 Å². The molecule has 4 aromatic rings. The van der Waals surface area contributed by atoms with Crippen LogP contribution in [0.5, 0.6) is 0 Å². The lowest BCUT2D eigenvalue weighted by molar-refractivity contribution is 0.0902. The molecule has 0 fully saturated rings. The van der Waals surface area contributed by atoms with Crippen molar-refractivity contribution in [3.63, 3.8) is 0 Å². The summed E-state index contributed by atoms with van der Waals surface area (Å²) >= 11 is 0. The van der Waals surface area contributed by atoms with Crippen molar-refractivity contribution >= 4 is 27.8 Å². The number of hydrogen-bond acceptors (Lipinski definition) is 3. The third-order valence-electron chi connectivity index (χ3n) is 3.60. The van der Waals surface area contributed by atoms with Gasteiger partial charge in [-0.15, -0.1) is 5.10 Å². The molecule has 21 heavy (non-hydrogen) atoms. The van der Waals surface area contributed by atoms with Crippen LogP contribution in [-0.2, 0) is 6.42 Å². The van der Waals surface area contributed by atoms with Crippen LogP contribution in [0.1, 0.15) is 10.4 Å². The Morgan fingerprint density at radius 3 is 2.86 bits per heavy atom. The molecule has 0 radical (unpaired) electrons. The predicted molar refractivity (Wildman–Crippen MR) is 80.2 cm³/mol. The molecule has 0 aliphatic heterocycles. The van der Waals surface area contributed by atoms with Gasteiger partial charge in [-0.3, -0.25) is 4.79 Å². The van der Waals surface area contributed by atoms with Gasteiger partial charge in [0.2, 0.25) is 0 Å². The van der Waals surface area contributed by atoms with Crippen molar-refractivity contribution in [1.29, 1.82) is 0 Å². The Kier molecular flexibility index (Phi) is 2.57. The van der Waals surface area contributed by atoms with Crippen LogP contribution in [0.15, 0.2) is 54.7 Å². The molecular formula is C16H12N4O. The summed E-state index contributed by atoms with van der Waals surface area (Å²) in [5.41, 5.74) is 3.46. The zero-order chi connectivity index (χ0) is 14.2. The van der Waals surface area contributed by atoms with E-state index in [1.165, 1.54) is 4.68 Å². The Morgan fingerprint density at radius 2 is 1.90 bits per heavy atom. The number of aromatic amines is 1. The summed E-state index contributed by atoms with van der Waals surface area (Å²) in [6.45, 7) is 0. The van der Waals surface area contributed by atoms with Crippen molar-refractivity contribution in [1.82, 2.24) is 20.0 Å². The SMILES string of the molecule is O=C(Cc1c[nH]c2ccccc12)n1nnc2ccccc21. The number of H-pyrrole nitrogens is 1. The fourth-order valence-corrected chi connectivity index (χ4v) is 2.57. The number of nitrogens with one attached hydrogen (secondary N) is 1. The van der Waals surface area contributed by atoms with E-state index in [0.717, 1.165) is 27.5 Å². The van der Waals surface area contributed by atoms with Gasteiger partial charge in [0.1, 0.15) is 5.52 Å². The normalized spacial score (nSPS) is 11.2. The molecule has 0 bridgehead atoms. The lowest BCUT2D eigenvalue weighted by Gasteiger charge is -2.00. The van der Waals surface area contributed by atoms with Gasteiger partial charge in [-0.1, -0.05) is 35.5 Å². The Labute approximate surface area is 120 Å². The zero-order valence-corrected chi connectivity index (χ0v) is 11.2. The molecule has 0 unspecified atom stereocenters. The molecule has 5 nitrogen and oxygen atoms in total. The molecular weight excluding hydrogens is 264 g/mol. The minimum atomic E-state index is -0.0894. The Hall–Kier alpha value is -2.95. The predicted octanol–water partition coefficient (Wildman–Crippen LogP) is 2.80. The first-order chi connectivity index (χ1) is 10.3. The van der Waals surface area contributed by atoms with Crippen molar-refractivity contribution < 1.29 is 4.79 Å². The van der Waals surface area contributed by atoms with Gasteiger partial charge in [0.15, 0.2) is 0 Å². The molecule has 1 N–H and O–H groups in total. The smallest absolute Gasteiger partial charge is 0.253 e. The highest BCUT2D eigenvalue weighted by atomic mass is 16.2. The molecule has 0 saturated carbocycles. The summed E-state index contributed by atoms with van der Waals surface area (Å²) in [4.78, 5) is 15.7. The second-order valence-corrected chi connectivity index (χ2v) is 4.92. The van der Waals surface area contributed by atoms with E-state index < -0.39 is 0 Å². The van der Waals surface area contributed by atoms with Gasteiger partial charge in [-0.25, -0.2) is 0 Å². The van der Waals surface area contributed by atoms with E-state index in [1.807, 2.05) is 54.7 Å². The molecule has 0 atom stereocenters. The lowest BCUT2D eigenvalue weighted by Crippen LogP contribution is -2.14. The van der Waals surface area contributed by atoms with E-state index >= 15 is 0 Å². The van der Waals surface area contributed by atoms with Gasteiger partial charge < -0.3 is 4.98 Å². The van der Waals surface area contributed by atoms with Gasteiger partial charge in [0.05, 0.1) is 11.9 Å². The maximum Gasteiger partial charge on any atom is 0.253 e. The monoisotopic (exact) mass is 276 g/mol. The summed E-state index contributed by atoms with van der Waals surface area (Å²) in [7, 11) is 0. The highest BCUT2D eigenvalue weighted by Gasteiger charge is 2.14. The Balaban J connectivity index is 1.72. The van der Waals surface area contributed by atoms with Crippen LogP contribution in [0, 0.1) is 0 Å². The average Bonchev–Trinajstić information content (AvgIpc) is 3.12. The topological polar surface area (TPSA) is 63.6 Å². The van der Waals surface area contributed by atoms with Gasteiger partial charge in [-0.2, -0.15) is 4.68 Å². The van der Waals surface area contributed by atoms with E-state index in [4.69, 9.17) is 0 Å². The summed E-state index contributed by atoms with van der Waals surface area (Å²) in [5.74, 6) is -0.0894. The standard InChI is InChI=1S/C16H12N4O/c21-16(20-15-8-4-3-7-14(15)18-19-20)9-11-10-17-13-6-2-1-5-12(11)13/h1-8,10,17H,9H2. The summed E-state index contributed by atoms with van der Waals surface area (Å²) < 4.78 is 1.37. The number of benzene rings is 2. The summed E-state index contributed by atoms with van der Waals surface area (Å²) in [6.07, 6.45) is 2.17. The van der Waals surface area contributed by atoms with Gasteiger partial charge in [-0.05, 0) is 23.8 Å². The van der Waals surface area contributed by atoms with Crippen LogP contribution in [0.25, 0.3) is 21.9 Å². The van der Waals surface area contributed by atoms with E-state index in [0.29, 0.717) is 0 Å². The van der Waals surface area contributed by atoms with Crippen molar-refractivity contribution in [2.24, 2.45) is 0 Å². The summed E-state index contributed by atoms with van der Waals surface area (Å²) in [5, 5.41) is 9.04. The third kappa shape index (κ3) is 1.90. The lowest BCUT2D eigenvalue weighted by atomic mass is 10.1. The van der Waals surface area contributed by atoms with E-state index in [2.05, 4.69) is 15.3 Å². The molecule has 4 rings (SSSR count). The Bertz CT molecular complexity index is 951. The molecule has 2 aromatic carbocycles. The number of nitrogens with zero attached hydrogens (tertiary/aromatic N) is 3. The fraction of sp³-hybridized carbons (Fsp3) is 0.0625. The van der Waals surface area contributed by atoms with E-state index in [9.17, 15) is 4.79 Å². The number of para-hydroxylation sites is 2. The number of rotatable bonds is 2. The molecule has 0 spiro atoms. The molecule has 0 saturated heterocycles. The van der Waals surface area contributed by atoms with Crippen LogP contribution >= 0.6 is 0 Å². The molecule has 0 aliphatic carbocycles. The summed E-state index contributed by atoms with van der Waals surface area (Å²) in [6, 6.07) is 15.4. The van der Waals surface area contributed by atoms with E-state index in [1.54, 1.807) is 0 Å². The van der Waals surface area contributed by atoms with Gasteiger partial charge in [0.25, 0.3) is 5.91 Å². The first kappa shape index (κ1) is 11.8. The molecule has 0 aliphatic rings. The second kappa shape index (κ2) is 4.56. The number of carbonyl (C=O) groups excluding carboxylic acids is 1. The van der Waals surface area contributed by atoms with Crippen LogP contribution in [0.4, 0.5) is 0 Å². The van der Waals surface area contributed by atoms with Crippen molar-refractivity contribution in [3.05, 3.63) is 60.3 Å². The van der Waals surface area contributed by atoms with Crippen LogP contribution in [0.3, 0.4) is 0 Å². The quantitative estimate of drug-likeness (QED) is 0.612. The maximum absolute atomic E-state index is 12.5. The van der Waals surface area contributed by atoms with E-state index in [-0.39, 0.29) is 12.3 Å². The van der Waals surface area contributed by atoms with Crippen molar-refractivity contribution in [2.45, 2.75) is 6.42 Å². The Morgan fingerprint density at radius 1 is 1.10 bits per heavy atom. The minimum Gasteiger partial charge on any atom is -0.361 e. The first-order valence-electron chi connectivity index (χ1n) is 6.71. The second-order valence-electron chi connectivity index (χ2n) is 4.92. The van der Waals surface area contributed by atoms with Gasteiger partial charge in [0, 0.05) is 17.1 Å². The molecule has 2 heterocycles. The van der Waals surface area contributed by atoms with Crippen LogP contribution < -0.4 is 0 Å². The van der Waals surface area contributed by atoms with Crippen molar-refractivity contribution in [3.8, 4) is 0 Å². The maximum atomic E-state index is 12.5. The highest BCUT2D eigenvalue weighted by molar-refractivity contribution is 5.93. The zero-order valence-electron chi connectivity index (χ0n) is 11.2. The van der Waals surface area contributed by atoms with Gasteiger partial charge >= 0.3 is 0 Å².